The lowest BCUT2D eigenvalue weighted by Gasteiger charge is -2.21. The second-order valence-electron chi connectivity index (χ2n) is 7.16. The first-order valence-corrected chi connectivity index (χ1v) is 9.71. The van der Waals surface area contributed by atoms with Gasteiger partial charge in [0.15, 0.2) is 0 Å². The number of sulfonamides is 1. The molecule has 1 amide bonds. The number of carbonyl (C=O) groups excluding carboxylic acids is 1. The first-order chi connectivity index (χ1) is 12.4. The van der Waals surface area contributed by atoms with Crippen molar-refractivity contribution in [2.24, 2.45) is 0 Å². The number of nitrogens with one attached hydrogen (secondary N) is 2. The lowest BCUT2D eigenvalue weighted by Crippen LogP contribution is -2.40. The molecule has 2 rings (SSSR count). The first kappa shape index (κ1) is 20.9. The Bertz CT molecular complexity index is 966. The zero-order chi connectivity index (χ0) is 20.4. The van der Waals surface area contributed by atoms with E-state index in [9.17, 15) is 17.6 Å². The molecule has 0 atom stereocenters. The summed E-state index contributed by atoms with van der Waals surface area (Å²) in [5.74, 6) is -1.10. The highest BCUT2D eigenvalue weighted by atomic mass is 32.2. The SMILES string of the molecule is COc1ccc(C(=O)Nc2ccc(C)cc2F)cc1S(=O)(=O)NC(C)(C)C. The van der Waals surface area contributed by atoms with Crippen molar-refractivity contribution in [3.05, 3.63) is 53.3 Å². The van der Waals surface area contributed by atoms with Gasteiger partial charge in [0.2, 0.25) is 10.0 Å². The Labute approximate surface area is 158 Å². The van der Waals surface area contributed by atoms with Crippen LogP contribution in [0.1, 0.15) is 36.7 Å². The lowest BCUT2D eigenvalue weighted by atomic mass is 10.1. The third kappa shape index (κ3) is 5.27. The summed E-state index contributed by atoms with van der Waals surface area (Å²) in [4.78, 5) is 12.3. The van der Waals surface area contributed by atoms with Crippen LogP contribution in [-0.2, 0) is 10.0 Å². The summed E-state index contributed by atoms with van der Waals surface area (Å²) in [5.41, 5.74) is 0.0768. The van der Waals surface area contributed by atoms with Gasteiger partial charge in [0.05, 0.1) is 12.8 Å². The van der Waals surface area contributed by atoms with Gasteiger partial charge in [0.25, 0.3) is 5.91 Å². The number of amides is 1. The molecule has 0 heterocycles. The van der Waals surface area contributed by atoms with Crippen LogP contribution in [-0.4, -0.2) is 27.0 Å². The highest BCUT2D eigenvalue weighted by molar-refractivity contribution is 7.89. The van der Waals surface area contributed by atoms with Crippen LogP contribution in [0.5, 0.6) is 5.75 Å². The fraction of sp³-hybridized carbons (Fsp3) is 0.316. The quantitative estimate of drug-likeness (QED) is 0.813. The Morgan fingerprint density at radius 1 is 1.11 bits per heavy atom. The molecule has 0 saturated heterocycles. The number of hydrogen-bond donors (Lipinski definition) is 2. The van der Waals surface area contributed by atoms with E-state index < -0.39 is 27.3 Å². The molecule has 0 fully saturated rings. The van der Waals surface area contributed by atoms with E-state index in [4.69, 9.17) is 4.74 Å². The molecule has 2 aromatic rings. The zero-order valence-electron chi connectivity index (χ0n) is 15.9. The van der Waals surface area contributed by atoms with Crippen molar-refractivity contribution in [1.29, 1.82) is 0 Å². The van der Waals surface area contributed by atoms with E-state index in [-0.39, 0.29) is 21.9 Å². The summed E-state index contributed by atoms with van der Waals surface area (Å²) in [6.07, 6.45) is 0. The van der Waals surface area contributed by atoms with Gasteiger partial charge in [-0.15, -0.1) is 0 Å². The number of halogens is 1. The number of methoxy groups -OCH3 is 1. The smallest absolute Gasteiger partial charge is 0.255 e. The molecular formula is C19H23FN2O4S. The van der Waals surface area contributed by atoms with Crippen LogP contribution >= 0.6 is 0 Å². The molecule has 0 bridgehead atoms. The molecule has 0 radical (unpaired) electrons. The van der Waals surface area contributed by atoms with Gasteiger partial charge in [-0.2, -0.15) is 0 Å². The normalized spacial score (nSPS) is 11.9. The largest absolute Gasteiger partial charge is 0.495 e. The molecule has 0 unspecified atom stereocenters. The number of ether oxygens (including phenoxy) is 1. The lowest BCUT2D eigenvalue weighted by molar-refractivity contribution is 0.102. The predicted octanol–water partition coefficient (Wildman–Crippen LogP) is 3.47. The van der Waals surface area contributed by atoms with Gasteiger partial charge >= 0.3 is 0 Å². The van der Waals surface area contributed by atoms with Crippen molar-refractivity contribution in [2.45, 2.75) is 38.1 Å². The molecule has 0 aliphatic heterocycles. The molecule has 0 saturated carbocycles. The molecule has 146 valence electrons. The van der Waals surface area contributed by atoms with Crippen LogP contribution in [0, 0.1) is 12.7 Å². The van der Waals surface area contributed by atoms with E-state index in [1.54, 1.807) is 33.8 Å². The predicted molar refractivity (Wildman–Crippen MR) is 102 cm³/mol. The molecule has 2 aromatic carbocycles. The molecule has 0 aliphatic carbocycles. The summed E-state index contributed by atoms with van der Waals surface area (Å²) < 4.78 is 46.9. The van der Waals surface area contributed by atoms with Crippen LogP contribution in [0.2, 0.25) is 0 Å². The summed E-state index contributed by atoms with van der Waals surface area (Å²) in [6, 6.07) is 8.41. The van der Waals surface area contributed by atoms with E-state index in [2.05, 4.69) is 10.0 Å². The number of carbonyl (C=O) groups is 1. The molecule has 6 nitrogen and oxygen atoms in total. The van der Waals surface area contributed by atoms with Crippen LogP contribution in [0.25, 0.3) is 0 Å². The van der Waals surface area contributed by atoms with E-state index in [1.165, 1.54) is 37.4 Å². The zero-order valence-corrected chi connectivity index (χ0v) is 16.7. The van der Waals surface area contributed by atoms with E-state index in [1.807, 2.05) is 0 Å². The minimum absolute atomic E-state index is 0.0126. The average molecular weight is 394 g/mol. The van der Waals surface area contributed by atoms with Gasteiger partial charge in [0, 0.05) is 11.1 Å². The summed E-state index contributed by atoms with van der Waals surface area (Å²) in [5, 5.41) is 2.45. The van der Waals surface area contributed by atoms with Crippen molar-refractivity contribution >= 4 is 21.6 Å². The van der Waals surface area contributed by atoms with Gasteiger partial charge in [0.1, 0.15) is 16.5 Å². The maximum Gasteiger partial charge on any atom is 0.255 e. The fourth-order valence-electron chi connectivity index (χ4n) is 2.40. The highest BCUT2D eigenvalue weighted by Crippen LogP contribution is 2.27. The molecular weight excluding hydrogens is 371 g/mol. The van der Waals surface area contributed by atoms with Crippen molar-refractivity contribution in [1.82, 2.24) is 4.72 Å². The fourth-order valence-corrected chi connectivity index (χ4v) is 4.02. The Hall–Kier alpha value is -2.45. The van der Waals surface area contributed by atoms with Crippen LogP contribution in [0.3, 0.4) is 0 Å². The van der Waals surface area contributed by atoms with Crippen molar-refractivity contribution < 1.29 is 22.3 Å². The summed E-state index contributed by atoms with van der Waals surface area (Å²) in [6.45, 7) is 6.84. The maximum atomic E-state index is 14.0. The highest BCUT2D eigenvalue weighted by Gasteiger charge is 2.26. The molecule has 27 heavy (non-hydrogen) atoms. The molecule has 0 spiro atoms. The van der Waals surface area contributed by atoms with Crippen LogP contribution in [0.4, 0.5) is 10.1 Å². The van der Waals surface area contributed by atoms with Gasteiger partial charge in [-0.05, 0) is 63.6 Å². The van der Waals surface area contributed by atoms with E-state index in [0.717, 1.165) is 5.56 Å². The standard InChI is InChI=1S/C19H23FN2O4S/c1-12-6-8-15(14(20)10-12)21-18(23)13-7-9-16(26-5)17(11-13)27(24,25)22-19(2,3)4/h6-11,22H,1-5H3,(H,21,23). The van der Waals surface area contributed by atoms with Gasteiger partial charge in [-0.1, -0.05) is 6.07 Å². The van der Waals surface area contributed by atoms with Crippen molar-refractivity contribution in [3.63, 3.8) is 0 Å². The third-order valence-corrected chi connectivity index (χ3v) is 5.31. The summed E-state index contributed by atoms with van der Waals surface area (Å²) in [7, 11) is -2.59. The summed E-state index contributed by atoms with van der Waals surface area (Å²) >= 11 is 0. The van der Waals surface area contributed by atoms with Crippen molar-refractivity contribution in [2.75, 3.05) is 12.4 Å². The number of hydrogen-bond acceptors (Lipinski definition) is 4. The second kappa shape index (κ2) is 7.66. The Kier molecular flexibility index (Phi) is 5.91. The van der Waals surface area contributed by atoms with Crippen LogP contribution < -0.4 is 14.8 Å². The minimum Gasteiger partial charge on any atom is -0.495 e. The molecule has 2 N–H and O–H groups in total. The second-order valence-corrected chi connectivity index (χ2v) is 8.81. The number of benzene rings is 2. The maximum absolute atomic E-state index is 14.0. The topological polar surface area (TPSA) is 84.5 Å². The van der Waals surface area contributed by atoms with Crippen LogP contribution in [0.15, 0.2) is 41.3 Å². The Balaban J connectivity index is 2.40. The van der Waals surface area contributed by atoms with Crippen molar-refractivity contribution in [3.8, 4) is 5.75 Å². The first-order valence-electron chi connectivity index (χ1n) is 8.22. The Morgan fingerprint density at radius 2 is 1.78 bits per heavy atom. The number of aryl methyl sites for hydroxylation is 1. The third-order valence-electron chi connectivity index (χ3n) is 3.53. The van der Waals surface area contributed by atoms with Gasteiger partial charge in [-0.3, -0.25) is 4.79 Å². The molecule has 8 heteroatoms. The monoisotopic (exact) mass is 394 g/mol. The average Bonchev–Trinajstić information content (AvgIpc) is 2.54. The number of anilines is 1. The minimum atomic E-state index is -3.93. The van der Waals surface area contributed by atoms with Gasteiger partial charge in [-0.25, -0.2) is 17.5 Å². The molecule has 0 aliphatic rings. The number of rotatable bonds is 5. The van der Waals surface area contributed by atoms with E-state index in [0.29, 0.717) is 0 Å². The molecule has 0 aromatic heterocycles. The van der Waals surface area contributed by atoms with Gasteiger partial charge < -0.3 is 10.1 Å². The van der Waals surface area contributed by atoms with E-state index >= 15 is 0 Å². The Morgan fingerprint density at radius 3 is 2.33 bits per heavy atom.